The Hall–Kier alpha value is -0.400. The van der Waals surface area contributed by atoms with Crippen LogP contribution in [0.3, 0.4) is 0 Å². The fourth-order valence-electron chi connectivity index (χ4n) is 2.97. The summed E-state index contributed by atoms with van der Waals surface area (Å²) >= 11 is 1.70. The number of halogens is 2. The Morgan fingerprint density at radius 3 is 2.44 bits per heavy atom. The second-order valence-corrected chi connectivity index (χ2v) is 7.76. The molecule has 1 saturated heterocycles. The van der Waals surface area contributed by atoms with Crippen LogP contribution in [0.1, 0.15) is 50.2 Å². The van der Waals surface area contributed by atoms with Gasteiger partial charge in [0.15, 0.2) is 0 Å². The molecular weight excluding hydrogens is 379 g/mol. The number of amides is 1. The predicted octanol–water partition coefficient (Wildman–Crippen LogP) is 3.14. The Kier molecular flexibility index (Phi) is 11.2. The van der Waals surface area contributed by atoms with Gasteiger partial charge in [0.25, 0.3) is 0 Å². The minimum Gasteiger partial charge on any atom is -0.354 e. The van der Waals surface area contributed by atoms with E-state index in [1.165, 1.54) is 0 Å². The van der Waals surface area contributed by atoms with Gasteiger partial charge in [-0.05, 0) is 45.7 Å². The first-order chi connectivity index (χ1) is 11.0. The molecule has 0 radical (unpaired) electrons. The number of aryl methyl sites for hydroxylation is 1. The normalized spacial score (nSPS) is 16.0. The van der Waals surface area contributed by atoms with Crippen LogP contribution in [-0.4, -0.2) is 41.0 Å². The highest BCUT2D eigenvalue weighted by molar-refractivity contribution is 7.09. The number of aromatic nitrogens is 1. The van der Waals surface area contributed by atoms with Crippen LogP contribution in [0.4, 0.5) is 0 Å². The molecule has 25 heavy (non-hydrogen) atoms. The summed E-state index contributed by atoms with van der Waals surface area (Å²) in [6.45, 7) is 9.60. The molecule has 2 heterocycles. The highest BCUT2D eigenvalue weighted by Crippen LogP contribution is 2.20. The van der Waals surface area contributed by atoms with Crippen molar-refractivity contribution in [2.45, 2.75) is 58.5 Å². The van der Waals surface area contributed by atoms with Gasteiger partial charge in [-0.2, -0.15) is 0 Å². The van der Waals surface area contributed by atoms with Crippen molar-refractivity contribution in [3.8, 4) is 0 Å². The number of hydrogen-bond donors (Lipinski definition) is 2. The topological polar surface area (TPSA) is 71.2 Å². The molecular formula is C17H32Cl2N4OS. The largest absolute Gasteiger partial charge is 0.354 e. The number of likely N-dealkylation sites (tertiary alicyclic amines) is 1. The summed E-state index contributed by atoms with van der Waals surface area (Å²) in [5.74, 6) is 0.298. The Labute approximate surface area is 168 Å². The smallest absolute Gasteiger partial charge is 0.223 e. The zero-order valence-electron chi connectivity index (χ0n) is 15.4. The SMILES string of the molecule is CCC(N)(CC)CNC(=O)C1CCN(Cc2csc(C)n2)CC1.Cl.Cl. The molecule has 0 spiro atoms. The summed E-state index contributed by atoms with van der Waals surface area (Å²) in [6.07, 6.45) is 3.61. The third-order valence-electron chi connectivity index (χ3n) is 5.03. The van der Waals surface area contributed by atoms with E-state index in [0.717, 1.165) is 56.0 Å². The second kappa shape index (κ2) is 11.3. The maximum Gasteiger partial charge on any atom is 0.223 e. The van der Waals surface area contributed by atoms with Gasteiger partial charge in [0.05, 0.1) is 10.7 Å². The molecule has 0 aliphatic carbocycles. The lowest BCUT2D eigenvalue weighted by molar-refractivity contribution is -0.126. The average molecular weight is 411 g/mol. The third-order valence-corrected chi connectivity index (χ3v) is 5.86. The van der Waals surface area contributed by atoms with Gasteiger partial charge in [-0.3, -0.25) is 9.69 Å². The van der Waals surface area contributed by atoms with Crippen LogP contribution < -0.4 is 11.1 Å². The quantitative estimate of drug-likeness (QED) is 0.723. The van der Waals surface area contributed by atoms with Crippen LogP contribution in [0.5, 0.6) is 0 Å². The Balaban J connectivity index is 0.00000288. The van der Waals surface area contributed by atoms with Gasteiger partial charge in [-0.15, -0.1) is 36.2 Å². The Morgan fingerprint density at radius 2 is 1.96 bits per heavy atom. The summed E-state index contributed by atoms with van der Waals surface area (Å²) in [5.41, 5.74) is 7.14. The molecule has 5 nitrogen and oxygen atoms in total. The lowest BCUT2D eigenvalue weighted by Gasteiger charge is -2.32. The number of carbonyl (C=O) groups is 1. The summed E-state index contributed by atoms with van der Waals surface area (Å²) in [4.78, 5) is 19.3. The summed E-state index contributed by atoms with van der Waals surface area (Å²) in [5, 5.41) is 6.32. The van der Waals surface area contributed by atoms with Crippen molar-refractivity contribution in [1.82, 2.24) is 15.2 Å². The van der Waals surface area contributed by atoms with Crippen molar-refractivity contribution in [1.29, 1.82) is 0 Å². The van der Waals surface area contributed by atoms with Gasteiger partial charge in [0, 0.05) is 29.9 Å². The van der Waals surface area contributed by atoms with Gasteiger partial charge < -0.3 is 11.1 Å². The van der Waals surface area contributed by atoms with Crippen LogP contribution in [0.15, 0.2) is 5.38 Å². The van der Waals surface area contributed by atoms with Gasteiger partial charge >= 0.3 is 0 Å². The molecule has 0 saturated carbocycles. The first kappa shape index (κ1) is 24.6. The molecule has 2 rings (SSSR count). The van der Waals surface area contributed by atoms with Gasteiger partial charge in [0.1, 0.15) is 0 Å². The maximum atomic E-state index is 12.3. The standard InChI is InChI=1S/C17H30N4OS.2ClH/c1-4-17(18,5-2)12-19-16(22)14-6-8-21(9-7-14)10-15-11-23-13(3)20-15;;/h11,14H,4-10,12,18H2,1-3H3,(H,19,22);2*1H. The van der Waals surface area contributed by atoms with E-state index in [9.17, 15) is 4.79 Å². The Morgan fingerprint density at radius 1 is 1.36 bits per heavy atom. The van der Waals surface area contributed by atoms with Crippen LogP contribution in [0.25, 0.3) is 0 Å². The molecule has 0 atom stereocenters. The lowest BCUT2D eigenvalue weighted by Crippen LogP contribution is -2.51. The fourth-order valence-corrected chi connectivity index (χ4v) is 3.57. The highest BCUT2D eigenvalue weighted by atomic mass is 35.5. The molecule has 1 amide bonds. The van der Waals surface area contributed by atoms with Crippen molar-refractivity contribution in [2.24, 2.45) is 11.7 Å². The van der Waals surface area contributed by atoms with Crippen molar-refractivity contribution >= 4 is 42.1 Å². The second-order valence-electron chi connectivity index (χ2n) is 6.70. The minimum absolute atomic E-state index is 0. The monoisotopic (exact) mass is 410 g/mol. The minimum atomic E-state index is -0.265. The van der Waals surface area contributed by atoms with E-state index in [4.69, 9.17) is 5.73 Å². The van der Waals surface area contributed by atoms with E-state index in [0.29, 0.717) is 6.54 Å². The molecule has 1 aliphatic heterocycles. The Bertz CT molecular complexity index is 515. The third kappa shape index (κ3) is 7.39. The van der Waals surface area contributed by atoms with E-state index < -0.39 is 0 Å². The summed E-state index contributed by atoms with van der Waals surface area (Å²) < 4.78 is 0. The molecule has 0 unspecified atom stereocenters. The van der Waals surface area contributed by atoms with Crippen LogP contribution >= 0.6 is 36.2 Å². The summed E-state index contributed by atoms with van der Waals surface area (Å²) in [6, 6.07) is 0. The van der Waals surface area contributed by atoms with Crippen LogP contribution in [0, 0.1) is 12.8 Å². The van der Waals surface area contributed by atoms with E-state index in [1.54, 1.807) is 11.3 Å². The number of nitrogens with zero attached hydrogens (tertiary/aromatic N) is 2. The number of hydrogen-bond acceptors (Lipinski definition) is 5. The number of piperidine rings is 1. The first-order valence-corrected chi connectivity index (χ1v) is 9.53. The molecule has 0 aromatic carbocycles. The average Bonchev–Trinajstić information content (AvgIpc) is 2.98. The molecule has 1 aliphatic rings. The summed E-state index contributed by atoms with van der Waals surface area (Å²) in [7, 11) is 0. The van der Waals surface area contributed by atoms with E-state index in [-0.39, 0.29) is 42.2 Å². The van der Waals surface area contributed by atoms with Crippen molar-refractivity contribution < 1.29 is 4.79 Å². The van der Waals surface area contributed by atoms with Crippen LogP contribution in [-0.2, 0) is 11.3 Å². The van der Waals surface area contributed by atoms with E-state index >= 15 is 0 Å². The molecule has 1 fully saturated rings. The number of nitrogens with one attached hydrogen (secondary N) is 1. The number of carbonyl (C=O) groups excluding carboxylic acids is 1. The predicted molar refractivity (Wildman–Crippen MR) is 110 cm³/mol. The van der Waals surface area contributed by atoms with Crippen molar-refractivity contribution in [3.05, 3.63) is 16.1 Å². The molecule has 3 N–H and O–H groups in total. The van der Waals surface area contributed by atoms with Crippen molar-refractivity contribution in [2.75, 3.05) is 19.6 Å². The number of rotatable bonds is 7. The molecule has 0 bridgehead atoms. The van der Waals surface area contributed by atoms with E-state index in [1.807, 2.05) is 6.92 Å². The fraction of sp³-hybridized carbons (Fsp3) is 0.765. The highest BCUT2D eigenvalue weighted by Gasteiger charge is 2.27. The van der Waals surface area contributed by atoms with Gasteiger partial charge in [0.2, 0.25) is 5.91 Å². The zero-order chi connectivity index (χ0) is 16.9. The molecule has 146 valence electrons. The number of nitrogens with two attached hydrogens (primary N) is 1. The number of thiazole rings is 1. The van der Waals surface area contributed by atoms with Gasteiger partial charge in [-0.1, -0.05) is 13.8 Å². The maximum absolute atomic E-state index is 12.3. The molecule has 1 aromatic heterocycles. The molecule has 1 aromatic rings. The van der Waals surface area contributed by atoms with E-state index in [2.05, 4.69) is 34.4 Å². The van der Waals surface area contributed by atoms with Crippen molar-refractivity contribution in [3.63, 3.8) is 0 Å². The zero-order valence-corrected chi connectivity index (χ0v) is 17.9. The molecule has 8 heteroatoms. The lowest BCUT2D eigenvalue weighted by atomic mass is 9.92. The van der Waals surface area contributed by atoms with Gasteiger partial charge in [-0.25, -0.2) is 4.98 Å². The first-order valence-electron chi connectivity index (χ1n) is 8.65. The van der Waals surface area contributed by atoms with Crippen LogP contribution in [0.2, 0.25) is 0 Å².